The number of hydrogen-bond acceptors (Lipinski definition) is 2. The highest BCUT2D eigenvalue weighted by Crippen LogP contribution is 2.36. The van der Waals surface area contributed by atoms with Crippen LogP contribution in [0.1, 0.15) is 24.0 Å². The molecule has 2 heterocycles. The fraction of sp³-hybridized carbons (Fsp3) is 0.429. The Morgan fingerprint density at radius 2 is 1.17 bits per heavy atom. The van der Waals surface area contributed by atoms with E-state index in [1.165, 1.54) is 36.3 Å². The van der Waals surface area contributed by atoms with Crippen LogP contribution in [-0.2, 0) is 6.42 Å². The molecule has 126 valence electrons. The molecule has 0 aromatic heterocycles. The van der Waals surface area contributed by atoms with E-state index in [9.17, 15) is 0 Å². The number of anilines is 2. The van der Waals surface area contributed by atoms with Gasteiger partial charge in [0.25, 0.3) is 0 Å². The third-order valence-corrected chi connectivity index (χ3v) is 11.5. The molecule has 2 aliphatic rings. The molecule has 1 spiro atoms. The van der Waals surface area contributed by atoms with Gasteiger partial charge in [-0.05, 0) is 64.3 Å². The molecule has 3 heteroatoms. The van der Waals surface area contributed by atoms with Crippen LogP contribution in [0.5, 0.6) is 0 Å². The summed E-state index contributed by atoms with van der Waals surface area (Å²) >= 11 is 0. The quantitative estimate of drug-likeness (QED) is 0.778. The Morgan fingerprint density at radius 3 is 1.58 bits per heavy atom. The molecule has 2 nitrogen and oxygen atoms in total. The molecule has 0 bridgehead atoms. The molecule has 24 heavy (non-hydrogen) atoms. The fourth-order valence-corrected chi connectivity index (χ4v) is 10.5. The molecule has 0 radical (unpaired) electrons. The Bertz CT molecular complexity index is 714. The molecule has 1 saturated heterocycles. The molecule has 0 amide bonds. The fourth-order valence-electron chi connectivity index (χ4n) is 4.75. The van der Waals surface area contributed by atoms with E-state index < -0.39 is 8.07 Å². The topological polar surface area (TPSA) is 6.48 Å². The van der Waals surface area contributed by atoms with E-state index in [-0.39, 0.29) is 0 Å². The molecule has 0 N–H and O–H groups in total. The van der Waals surface area contributed by atoms with Crippen LogP contribution in [0.3, 0.4) is 0 Å². The molecule has 1 fully saturated rings. The third-order valence-electron chi connectivity index (χ3n) is 6.09. The predicted molar refractivity (Wildman–Crippen MR) is 108 cm³/mol. The van der Waals surface area contributed by atoms with Crippen molar-refractivity contribution in [2.45, 2.75) is 31.4 Å². The van der Waals surface area contributed by atoms with E-state index >= 15 is 0 Å². The highest BCUT2D eigenvalue weighted by Gasteiger charge is 2.45. The predicted octanol–water partition coefficient (Wildman–Crippen LogP) is 3.08. The summed E-state index contributed by atoms with van der Waals surface area (Å²) in [7, 11) is 7.06. The second-order valence-electron chi connectivity index (χ2n) is 7.94. The second kappa shape index (κ2) is 5.66. The van der Waals surface area contributed by atoms with Gasteiger partial charge in [0.2, 0.25) is 0 Å². The lowest BCUT2D eigenvalue weighted by Crippen LogP contribution is -2.61. The van der Waals surface area contributed by atoms with Crippen molar-refractivity contribution in [3.05, 3.63) is 47.5 Å². The van der Waals surface area contributed by atoms with Gasteiger partial charge in [-0.15, -0.1) is 0 Å². The highest BCUT2D eigenvalue weighted by atomic mass is 28.3. The Hall–Kier alpha value is -1.74. The smallest absolute Gasteiger partial charge is 0.119 e. The molecule has 0 unspecified atom stereocenters. The van der Waals surface area contributed by atoms with E-state index in [0.717, 1.165) is 6.42 Å². The zero-order valence-corrected chi connectivity index (χ0v) is 16.4. The van der Waals surface area contributed by atoms with E-state index in [1.54, 1.807) is 21.5 Å². The van der Waals surface area contributed by atoms with Gasteiger partial charge in [0, 0.05) is 39.6 Å². The van der Waals surface area contributed by atoms with Crippen LogP contribution in [0.2, 0.25) is 12.1 Å². The van der Waals surface area contributed by atoms with E-state index in [0.29, 0.717) is 0 Å². The summed E-state index contributed by atoms with van der Waals surface area (Å²) in [5, 5.41) is 3.46. The van der Waals surface area contributed by atoms with Gasteiger partial charge in [-0.3, -0.25) is 0 Å². The monoisotopic (exact) mass is 336 g/mol. The minimum absolute atomic E-state index is 1.11. The van der Waals surface area contributed by atoms with Gasteiger partial charge in [0.1, 0.15) is 8.07 Å². The van der Waals surface area contributed by atoms with Crippen molar-refractivity contribution >= 4 is 29.8 Å². The first-order valence-corrected chi connectivity index (χ1v) is 11.5. The van der Waals surface area contributed by atoms with Crippen LogP contribution in [0, 0.1) is 0 Å². The maximum absolute atomic E-state index is 2.53. The Labute approximate surface area is 147 Å². The molecule has 0 aliphatic carbocycles. The Morgan fingerprint density at radius 1 is 0.708 bits per heavy atom. The number of benzene rings is 2. The molecular formula is C21H28N2Si. The van der Waals surface area contributed by atoms with Crippen LogP contribution >= 0.6 is 0 Å². The van der Waals surface area contributed by atoms with Gasteiger partial charge in [-0.25, -0.2) is 0 Å². The minimum Gasteiger partial charge on any atom is -0.378 e. The van der Waals surface area contributed by atoms with Crippen LogP contribution in [-0.4, -0.2) is 36.3 Å². The van der Waals surface area contributed by atoms with Crippen molar-refractivity contribution in [2.24, 2.45) is 0 Å². The summed E-state index contributed by atoms with van der Waals surface area (Å²) in [6, 6.07) is 17.3. The molecule has 0 saturated carbocycles. The maximum atomic E-state index is 2.53. The van der Waals surface area contributed by atoms with Gasteiger partial charge in [0.15, 0.2) is 0 Å². The summed E-state index contributed by atoms with van der Waals surface area (Å²) in [5.74, 6) is 0. The Balaban J connectivity index is 1.93. The normalized spacial score (nSPS) is 17.5. The standard InChI is InChI=1S/C21H28N2Si/c1-22(2)18-9-7-16-13-17-8-10-19(23(3)4)15-21(17)24(20(16)14-18)11-5-6-12-24/h7-10,14-15H,5-6,11-13H2,1-4H3. The lowest BCUT2D eigenvalue weighted by Gasteiger charge is -2.38. The first kappa shape index (κ1) is 15.8. The van der Waals surface area contributed by atoms with Crippen LogP contribution < -0.4 is 20.2 Å². The minimum atomic E-state index is -1.57. The van der Waals surface area contributed by atoms with Crippen LogP contribution in [0.4, 0.5) is 11.4 Å². The van der Waals surface area contributed by atoms with E-state index in [4.69, 9.17) is 0 Å². The number of rotatable bonds is 2. The lowest BCUT2D eigenvalue weighted by molar-refractivity contribution is 0.935. The summed E-state index contributed by atoms with van der Waals surface area (Å²) in [6.07, 6.45) is 3.92. The maximum Gasteiger partial charge on any atom is 0.119 e. The summed E-state index contributed by atoms with van der Waals surface area (Å²) in [5.41, 5.74) is 5.91. The summed E-state index contributed by atoms with van der Waals surface area (Å²) in [6.45, 7) is 0. The molecular weight excluding hydrogens is 308 g/mol. The summed E-state index contributed by atoms with van der Waals surface area (Å²) in [4.78, 5) is 4.51. The lowest BCUT2D eigenvalue weighted by atomic mass is 10.0. The Kier molecular flexibility index (Phi) is 3.72. The molecule has 4 rings (SSSR count). The molecule has 2 aromatic carbocycles. The second-order valence-corrected chi connectivity index (χ2v) is 12.2. The molecule has 2 aliphatic heterocycles. The van der Waals surface area contributed by atoms with E-state index in [1.807, 2.05) is 0 Å². The van der Waals surface area contributed by atoms with Crippen molar-refractivity contribution in [1.82, 2.24) is 0 Å². The van der Waals surface area contributed by atoms with Crippen LogP contribution in [0.15, 0.2) is 36.4 Å². The van der Waals surface area contributed by atoms with Crippen molar-refractivity contribution in [1.29, 1.82) is 0 Å². The van der Waals surface area contributed by atoms with Crippen LogP contribution in [0.25, 0.3) is 0 Å². The third kappa shape index (κ3) is 2.29. The first-order valence-electron chi connectivity index (χ1n) is 9.13. The van der Waals surface area contributed by atoms with Gasteiger partial charge >= 0.3 is 0 Å². The molecule has 2 aromatic rings. The average molecular weight is 337 g/mol. The number of fused-ring (bicyclic) bond motifs is 4. The van der Waals surface area contributed by atoms with Gasteiger partial charge in [-0.2, -0.15) is 0 Å². The van der Waals surface area contributed by atoms with Gasteiger partial charge in [0.05, 0.1) is 0 Å². The van der Waals surface area contributed by atoms with Crippen molar-refractivity contribution in [3.63, 3.8) is 0 Å². The van der Waals surface area contributed by atoms with E-state index in [2.05, 4.69) is 74.4 Å². The van der Waals surface area contributed by atoms with Gasteiger partial charge < -0.3 is 9.80 Å². The van der Waals surface area contributed by atoms with Crippen molar-refractivity contribution in [3.8, 4) is 0 Å². The van der Waals surface area contributed by atoms with Crippen molar-refractivity contribution in [2.75, 3.05) is 38.0 Å². The summed E-state index contributed by atoms with van der Waals surface area (Å²) < 4.78 is 0. The zero-order chi connectivity index (χ0) is 16.9. The zero-order valence-electron chi connectivity index (χ0n) is 15.4. The average Bonchev–Trinajstić information content (AvgIpc) is 3.05. The van der Waals surface area contributed by atoms with Crippen molar-refractivity contribution < 1.29 is 0 Å². The number of nitrogens with zero attached hydrogens (tertiary/aromatic N) is 2. The highest BCUT2D eigenvalue weighted by molar-refractivity contribution is 7.03. The largest absolute Gasteiger partial charge is 0.378 e. The number of hydrogen-bond donors (Lipinski definition) is 0. The first-order chi connectivity index (χ1) is 11.5. The van der Waals surface area contributed by atoms with Gasteiger partial charge in [-0.1, -0.05) is 25.0 Å². The SMILES string of the molecule is CN(C)c1ccc2c(c1)[Si]1(CCCC1)c1cc(N(C)C)ccc1C2. The molecule has 0 atom stereocenters.